The number of hydrogen-bond donors (Lipinski definition) is 1. The summed E-state index contributed by atoms with van der Waals surface area (Å²) in [6.07, 6.45) is -1.10. The second kappa shape index (κ2) is 5.25. The maximum Gasteiger partial charge on any atom is 0.334 e. The number of morpholine rings is 1. The molecule has 1 aliphatic heterocycles. The average molecular weight is 356 g/mol. The summed E-state index contributed by atoms with van der Waals surface area (Å²) >= 11 is 4.30. The van der Waals surface area contributed by atoms with Crippen LogP contribution in [0.15, 0.2) is 20.1 Å². The molecule has 2 rings (SSSR count). The van der Waals surface area contributed by atoms with Crippen LogP contribution in [0.2, 0.25) is 0 Å². The van der Waals surface area contributed by atoms with Gasteiger partial charge in [-0.2, -0.15) is 4.31 Å². The van der Waals surface area contributed by atoms with E-state index >= 15 is 0 Å². The number of nitrogens with zero attached hydrogens (tertiary/aromatic N) is 1. The third-order valence-electron chi connectivity index (χ3n) is 2.45. The molecule has 100 valence electrons. The molecular weight excluding hydrogens is 346 g/mol. The number of hydrogen-bond acceptors (Lipinski definition) is 5. The fraction of sp³-hybridized carbons (Fsp3) is 0.444. The highest BCUT2D eigenvalue weighted by molar-refractivity contribution is 9.11. The van der Waals surface area contributed by atoms with Crippen molar-refractivity contribution in [3.63, 3.8) is 0 Å². The third-order valence-corrected chi connectivity index (χ3v) is 6.40. The Bertz CT molecular complexity index is 555. The van der Waals surface area contributed by atoms with Gasteiger partial charge >= 0.3 is 5.97 Å². The summed E-state index contributed by atoms with van der Waals surface area (Å²) in [4.78, 5) is 10.8. The maximum absolute atomic E-state index is 12.2. The number of halogens is 1. The highest BCUT2D eigenvalue weighted by Crippen LogP contribution is 2.29. The number of thiophene rings is 1. The summed E-state index contributed by atoms with van der Waals surface area (Å²) in [7, 11) is -3.63. The van der Waals surface area contributed by atoms with Gasteiger partial charge in [0, 0.05) is 6.54 Å². The smallest absolute Gasteiger partial charge is 0.334 e. The number of carbonyl (C=O) groups is 1. The Labute approximate surface area is 116 Å². The molecule has 1 aliphatic rings. The predicted molar refractivity (Wildman–Crippen MR) is 68.2 cm³/mol. The number of sulfonamides is 1. The number of aliphatic carboxylic acids is 1. The molecule has 2 heterocycles. The van der Waals surface area contributed by atoms with Gasteiger partial charge in [0.25, 0.3) is 10.0 Å². The summed E-state index contributed by atoms with van der Waals surface area (Å²) in [5, 5.41) is 8.85. The van der Waals surface area contributed by atoms with Crippen LogP contribution >= 0.6 is 27.3 Å². The molecule has 1 saturated heterocycles. The van der Waals surface area contributed by atoms with Crippen LogP contribution in [0, 0.1) is 0 Å². The van der Waals surface area contributed by atoms with Crippen LogP contribution in [-0.4, -0.2) is 49.6 Å². The molecule has 9 heteroatoms. The van der Waals surface area contributed by atoms with Crippen LogP contribution in [0.4, 0.5) is 0 Å². The number of rotatable bonds is 3. The van der Waals surface area contributed by atoms with E-state index in [4.69, 9.17) is 9.84 Å². The van der Waals surface area contributed by atoms with E-state index in [1.54, 1.807) is 6.07 Å². The summed E-state index contributed by atoms with van der Waals surface area (Å²) in [5.41, 5.74) is 0. The first-order valence-corrected chi connectivity index (χ1v) is 8.06. The van der Waals surface area contributed by atoms with Crippen LogP contribution in [0.1, 0.15) is 0 Å². The Balaban J connectivity index is 2.22. The Morgan fingerprint density at radius 3 is 2.83 bits per heavy atom. The SMILES string of the molecule is O=C(O)C1CN(S(=O)(=O)c2ccc(Br)s2)CCO1. The molecule has 0 amide bonds. The Hall–Kier alpha value is -0.480. The zero-order valence-corrected chi connectivity index (χ0v) is 12.3. The van der Waals surface area contributed by atoms with Gasteiger partial charge in [-0.3, -0.25) is 0 Å². The van der Waals surface area contributed by atoms with Gasteiger partial charge in [-0.05, 0) is 28.1 Å². The third kappa shape index (κ3) is 2.75. The average Bonchev–Trinajstić information content (AvgIpc) is 2.77. The molecule has 1 N–H and O–H groups in total. The second-order valence-electron chi connectivity index (χ2n) is 3.62. The van der Waals surface area contributed by atoms with E-state index in [0.717, 1.165) is 15.6 Å². The normalized spacial score (nSPS) is 21.9. The minimum Gasteiger partial charge on any atom is -0.479 e. The monoisotopic (exact) mass is 355 g/mol. The molecule has 6 nitrogen and oxygen atoms in total. The van der Waals surface area contributed by atoms with Crippen LogP contribution in [-0.2, 0) is 19.6 Å². The van der Waals surface area contributed by atoms with Gasteiger partial charge < -0.3 is 9.84 Å². The van der Waals surface area contributed by atoms with E-state index in [2.05, 4.69) is 15.9 Å². The van der Waals surface area contributed by atoms with E-state index < -0.39 is 22.1 Å². The first kappa shape index (κ1) is 13.9. The van der Waals surface area contributed by atoms with Crippen LogP contribution in [0.25, 0.3) is 0 Å². The number of ether oxygens (including phenoxy) is 1. The van der Waals surface area contributed by atoms with Crippen molar-refractivity contribution in [1.82, 2.24) is 4.31 Å². The highest BCUT2D eigenvalue weighted by atomic mass is 79.9. The Morgan fingerprint density at radius 1 is 1.56 bits per heavy atom. The lowest BCUT2D eigenvalue weighted by atomic mass is 10.3. The first-order chi connectivity index (χ1) is 8.41. The van der Waals surface area contributed by atoms with Gasteiger partial charge in [-0.15, -0.1) is 11.3 Å². The van der Waals surface area contributed by atoms with Gasteiger partial charge in [0.15, 0.2) is 6.10 Å². The summed E-state index contributed by atoms with van der Waals surface area (Å²) < 4.78 is 31.5. The molecule has 1 atom stereocenters. The molecule has 1 aromatic heterocycles. The van der Waals surface area contributed by atoms with Gasteiger partial charge in [-0.1, -0.05) is 0 Å². The van der Waals surface area contributed by atoms with Gasteiger partial charge in [0.05, 0.1) is 16.9 Å². The summed E-state index contributed by atoms with van der Waals surface area (Å²) in [6, 6.07) is 3.14. The molecule has 1 fully saturated rings. The van der Waals surface area contributed by atoms with E-state index in [0.29, 0.717) is 3.79 Å². The fourth-order valence-electron chi connectivity index (χ4n) is 1.56. The van der Waals surface area contributed by atoms with Crippen LogP contribution in [0.3, 0.4) is 0 Å². The van der Waals surface area contributed by atoms with E-state index in [-0.39, 0.29) is 23.9 Å². The second-order valence-corrected chi connectivity index (χ2v) is 8.25. The molecule has 18 heavy (non-hydrogen) atoms. The highest BCUT2D eigenvalue weighted by Gasteiger charge is 2.34. The van der Waals surface area contributed by atoms with Crippen molar-refractivity contribution >= 4 is 43.3 Å². The Kier molecular flexibility index (Phi) is 4.07. The summed E-state index contributed by atoms with van der Waals surface area (Å²) in [5.74, 6) is -1.15. The van der Waals surface area contributed by atoms with Crippen LogP contribution in [0.5, 0.6) is 0 Å². The van der Waals surface area contributed by atoms with Crippen molar-refractivity contribution in [3.8, 4) is 0 Å². The Morgan fingerprint density at radius 2 is 2.28 bits per heavy atom. The zero-order valence-electron chi connectivity index (χ0n) is 9.08. The van der Waals surface area contributed by atoms with Crippen LogP contribution < -0.4 is 0 Å². The molecule has 0 aliphatic carbocycles. The molecule has 0 saturated carbocycles. The quantitative estimate of drug-likeness (QED) is 0.873. The van der Waals surface area contributed by atoms with E-state index in [1.165, 1.54) is 6.07 Å². The maximum atomic E-state index is 12.2. The lowest BCUT2D eigenvalue weighted by Gasteiger charge is -2.29. The van der Waals surface area contributed by atoms with Gasteiger partial charge in [-0.25, -0.2) is 13.2 Å². The fourth-order valence-corrected chi connectivity index (χ4v) is 5.15. The van der Waals surface area contributed by atoms with Crippen molar-refractivity contribution in [3.05, 3.63) is 15.9 Å². The van der Waals surface area contributed by atoms with Crippen molar-refractivity contribution in [2.24, 2.45) is 0 Å². The number of carboxylic acids is 1. The molecule has 1 unspecified atom stereocenters. The molecule has 1 aromatic rings. The minimum absolute atomic E-state index is 0.0861. The molecule has 0 spiro atoms. The predicted octanol–water partition coefficient (Wildman–Crippen LogP) is 0.985. The van der Waals surface area contributed by atoms with Crippen molar-refractivity contribution < 1.29 is 23.1 Å². The van der Waals surface area contributed by atoms with Crippen molar-refractivity contribution in [1.29, 1.82) is 0 Å². The van der Waals surface area contributed by atoms with Crippen molar-refractivity contribution in [2.45, 2.75) is 10.3 Å². The largest absolute Gasteiger partial charge is 0.479 e. The number of carboxylic acid groups (broad SMARTS) is 1. The molecular formula is C9H10BrNO5S2. The van der Waals surface area contributed by atoms with Gasteiger partial charge in [0.1, 0.15) is 4.21 Å². The first-order valence-electron chi connectivity index (χ1n) is 5.01. The minimum atomic E-state index is -3.63. The summed E-state index contributed by atoms with van der Waals surface area (Å²) in [6.45, 7) is 0.0948. The lowest BCUT2D eigenvalue weighted by Crippen LogP contribution is -2.48. The molecule has 0 bridgehead atoms. The molecule has 0 radical (unpaired) electrons. The van der Waals surface area contributed by atoms with E-state index in [1.807, 2.05) is 0 Å². The van der Waals surface area contributed by atoms with Crippen molar-refractivity contribution in [2.75, 3.05) is 19.7 Å². The standard InChI is InChI=1S/C9H10BrNO5S2/c10-7-1-2-8(17-7)18(14,15)11-3-4-16-6(5-11)9(12)13/h1-2,6H,3-5H2,(H,12,13). The zero-order chi connectivity index (χ0) is 13.3. The van der Waals surface area contributed by atoms with Gasteiger partial charge in [0.2, 0.25) is 0 Å². The molecule has 0 aromatic carbocycles. The lowest BCUT2D eigenvalue weighted by molar-refractivity contribution is -0.153. The van der Waals surface area contributed by atoms with E-state index in [9.17, 15) is 13.2 Å². The topological polar surface area (TPSA) is 83.9 Å².